The summed E-state index contributed by atoms with van der Waals surface area (Å²) in [4.78, 5) is 4.04. The molecule has 0 saturated carbocycles. The van der Waals surface area contributed by atoms with E-state index in [0.29, 0.717) is 38.4 Å². The van der Waals surface area contributed by atoms with Crippen LogP contribution in [-0.4, -0.2) is 35.0 Å². The second-order valence-electron chi connectivity index (χ2n) is 3.09. The van der Waals surface area contributed by atoms with Crippen molar-refractivity contribution in [3.8, 4) is 0 Å². The van der Waals surface area contributed by atoms with Crippen molar-refractivity contribution in [2.45, 2.75) is 25.9 Å². The van der Waals surface area contributed by atoms with E-state index in [9.17, 15) is 5.11 Å². The van der Waals surface area contributed by atoms with Gasteiger partial charge in [-0.3, -0.25) is 0 Å². The van der Waals surface area contributed by atoms with Gasteiger partial charge >= 0.3 is 0 Å². The smallest absolute Gasteiger partial charge is 0.255 e. The first-order chi connectivity index (χ1) is 7.27. The molecule has 86 valence electrons. The summed E-state index contributed by atoms with van der Waals surface area (Å²) in [6.07, 6.45) is 0.253. The topological polar surface area (TPSA) is 94.4 Å². The number of hydrogen-bond donors (Lipinski definition) is 2. The number of aliphatic hydroxyl groups is 1. The van der Waals surface area contributed by atoms with E-state index in [4.69, 9.17) is 15.0 Å². The highest BCUT2D eigenvalue weighted by atomic mass is 16.5. The Morgan fingerprint density at radius 2 is 2.40 bits per heavy atom. The number of rotatable bonds is 7. The molecule has 6 nitrogen and oxygen atoms in total. The number of aromatic nitrogens is 2. The fourth-order valence-corrected chi connectivity index (χ4v) is 1.09. The molecule has 3 N–H and O–H groups in total. The molecule has 0 saturated heterocycles. The molecule has 0 spiro atoms. The van der Waals surface area contributed by atoms with E-state index in [1.165, 1.54) is 0 Å². The van der Waals surface area contributed by atoms with Gasteiger partial charge < -0.3 is 20.1 Å². The maximum Gasteiger partial charge on any atom is 0.255 e. The molecule has 0 radical (unpaired) electrons. The lowest BCUT2D eigenvalue weighted by Gasteiger charge is -2.01. The first-order valence-electron chi connectivity index (χ1n) is 5.06. The molecule has 0 aliphatic heterocycles. The van der Waals surface area contributed by atoms with E-state index >= 15 is 0 Å². The SMILES string of the molecule is CCOCCc1noc(C(O)CCN)n1. The van der Waals surface area contributed by atoms with Gasteiger partial charge in [-0.2, -0.15) is 4.98 Å². The lowest BCUT2D eigenvalue weighted by atomic mass is 10.2. The Labute approximate surface area is 88.4 Å². The maximum atomic E-state index is 9.50. The number of nitrogens with zero attached hydrogens (tertiary/aromatic N) is 2. The molecule has 1 aromatic heterocycles. The van der Waals surface area contributed by atoms with Crippen molar-refractivity contribution in [3.63, 3.8) is 0 Å². The highest BCUT2D eigenvalue weighted by Crippen LogP contribution is 2.13. The van der Waals surface area contributed by atoms with Gasteiger partial charge in [-0.25, -0.2) is 0 Å². The molecule has 6 heteroatoms. The molecular weight excluding hydrogens is 198 g/mol. The summed E-state index contributed by atoms with van der Waals surface area (Å²) in [5, 5.41) is 13.2. The van der Waals surface area contributed by atoms with Crippen LogP contribution in [0.4, 0.5) is 0 Å². The Hall–Kier alpha value is -0.980. The predicted octanol–water partition coefficient (Wildman–Crippen LogP) is 0.0308. The molecule has 0 aromatic carbocycles. The van der Waals surface area contributed by atoms with Gasteiger partial charge in [0, 0.05) is 13.0 Å². The molecule has 0 aliphatic carbocycles. The molecule has 0 fully saturated rings. The van der Waals surface area contributed by atoms with Crippen LogP contribution in [0.2, 0.25) is 0 Å². The standard InChI is InChI=1S/C9H17N3O3/c1-2-14-6-4-8-11-9(15-12-8)7(13)3-5-10/h7,13H,2-6,10H2,1H3. The number of ether oxygens (including phenoxy) is 1. The van der Waals surface area contributed by atoms with Gasteiger partial charge in [-0.15, -0.1) is 0 Å². The second kappa shape index (κ2) is 6.49. The Bertz CT molecular complexity index is 277. The lowest BCUT2D eigenvalue weighted by Crippen LogP contribution is -2.07. The molecular formula is C9H17N3O3. The molecule has 1 heterocycles. The van der Waals surface area contributed by atoms with Gasteiger partial charge in [-0.05, 0) is 19.9 Å². The van der Waals surface area contributed by atoms with Gasteiger partial charge in [0.2, 0.25) is 0 Å². The zero-order valence-electron chi connectivity index (χ0n) is 8.85. The minimum atomic E-state index is -0.761. The molecule has 0 aliphatic rings. The molecule has 1 aromatic rings. The third-order valence-corrected chi connectivity index (χ3v) is 1.88. The van der Waals surface area contributed by atoms with Gasteiger partial charge in [0.05, 0.1) is 6.61 Å². The third-order valence-electron chi connectivity index (χ3n) is 1.88. The number of aliphatic hydroxyl groups excluding tert-OH is 1. The van der Waals surface area contributed by atoms with Crippen molar-refractivity contribution in [2.75, 3.05) is 19.8 Å². The molecule has 1 unspecified atom stereocenters. The van der Waals surface area contributed by atoms with Crippen LogP contribution in [-0.2, 0) is 11.2 Å². The van der Waals surface area contributed by atoms with Crippen molar-refractivity contribution < 1.29 is 14.4 Å². The van der Waals surface area contributed by atoms with Crippen LogP contribution in [0.3, 0.4) is 0 Å². The Morgan fingerprint density at radius 1 is 1.60 bits per heavy atom. The zero-order chi connectivity index (χ0) is 11.1. The monoisotopic (exact) mass is 215 g/mol. The van der Waals surface area contributed by atoms with Crippen LogP contribution >= 0.6 is 0 Å². The predicted molar refractivity (Wildman–Crippen MR) is 53.1 cm³/mol. The first-order valence-corrected chi connectivity index (χ1v) is 5.06. The van der Waals surface area contributed by atoms with Crippen molar-refractivity contribution in [2.24, 2.45) is 5.73 Å². The quantitative estimate of drug-likeness (QED) is 0.623. The van der Waals surface area contributed by atoms with Crippen molar-refractivity contribution in [3.05, 3.63) is 11.7 Å². The van der Waals surface area contributed by atoms with E-state index in [1.807, 2.05) is 6.92 Å². The van der Waals surface area contributed by atoms with E-state index in [0.717, 1.165) is 0 Å². The third kappa shape index (κ3) is 3.94. The fourth-order valence-electron chi connectivity index (χ4n) is 1.09. The van der Waals surface area contributed by atoms with Crippen molar-refractivity contribution in [1.82, 2.24) is 10.1 Å². The largest absolute Gasteiger partial charge is 0.383 e. The fraction of sp³-hybridized carbons (Fsp3) is 0.778. The minimum Gasteiger partial charge on any atom is -0.383 e. The van der Waals surface area contributed by atoms with E-state index in [-0.39, 0.29) is 5.89 Å². The van der Waals surface area contributed by atoms with Gasteiger partial charge in [-0.1, -0.05) is 5.16 Å². The Morgan fingerprint density at radius 3 is 3.07 bits per heavy atom. The van der Waals surface area contributed by atoms with Crippen LogP contribution in [0.15, 0.2) is 4.52 Å². The van der Waals surface area contributed by atoms with Crippen molar-refractivity contribution >= 4 is 0 Å². The summed E-state index contributed by atoms with van der Waals surface area (Å²) in [6.45, 7) is 3.54. The summed E-state index contributed by atoms with van der Waals surface area (Å²) < 4.78 is 10.0. The van der Waals surface area contributed by atoms with Crippen LogP contribution in [0.25, 0.3) is 0 Å². The minimum absolute atomic E-state index is 0.229. The summed E-state index contributed by atoms with van der Waals surface area (Å²) in [5.41, 5.74) is 5.30. The number of hydrogen-bond acceptors (Lipinski definition) is 6. The zero-order valence-corrected chi connectivity index (χ0v) is 8.85. The van der Waals surface area contributed by atoms with Crippen LogP contribution < -0.4 is 5.73 Å². The van der Waals surface area contributed by atoms with Crippen LogP contribution in [0, 0.1) is 0 Å². The average Bonchev–Trinajstić information content (AvgIpc) is 2.67. The first kappa shape index (κ1) is 12.1. The Balaban J connectivity index is 2.41. The van der Waals surface area contributed by atoms with Crippen LogP contribution in [0.5, 0.6) is 0 Å². The van der Waals surface area contributed by atoms with Gasteiger partial charge in [0.25, 0.3) is 5.89 Å². The summed E-state index contributed by atoms with van der Waals surface area (Å²) >= 11 is 0. The van der Waals surface area contributed by atoms with Gasteiger partial charge in [0.15, 0.2) is 5.82 Å². The molecule has 0 bridgehead atoms. The molecule has 1 rings (SSSR count). The van der Waals surface area contributed by atoms with E-state index in [2.05, 4.69) is 10.1 Å². The Kier molecular flexibility index (Phi) is 5.23. The average molecular weight is 215 g/mol. The molecule has 1 atom stereocenters. The van der Waals surface area contributed by atoms with Crippen LogP contribution in [0.1, 0.15) is 31.2 Å². The summed E-state index contributed by atoms with van der Waals surface area (Å²) in [6, 6.07) is 0. The van der Waals surface area contributed by atoms with E-state index < -0.39 is 6.10 Å². The van der Waals surface area contributed by atoms with E-state index in [1.54, 1.807) is 0 Å². The van der Waals surface area contributed by atoms with Crippen molar-refractivity contribution in [1.29, 1.82) is 0 Å². The summed E-state index contributed by atoms with van der Waals surface area (Å²) in [5.74, 6) is 0.779. The second-order valence-corrected chi connectivity index (χ2v) is 3.09. The van der Waals surface area contributed by atoms with Gasteiger partial charge in [0.1, 0.15) is 6.10 Å². The molecule has 0 amide bonds. The maximum absolute atomic E-state index is 9.50. The number of nitrogens with two attached hydrogens (primary N) is 1. The normalized spacial score (nSPS) is 13.0. The molecule has 15 heavy (non-hydrogen) atoms. The highest BCUT2D eigenvalue weighted by molar-refractivity contribution is 4.90. The lowest BCUT2D eigenvalue weighted by molar-refractivity contribution is 0.127. The summed E-state index contributed by atoms with van der Waals surface area (Å²) in [7, 11) is 0. The highest BCUT2D eigenvalue weighted by Gasteiger charge is 2.14.